The quantitative estimate of drug-likeness (QED) is 0.407. The summed E-state index contributed by atoms with van der Waals surface area (Å²) in [5, 5.41) is 14.8. The third-order valence-corrected chi connectivity index (χ3v) is 7.11. The minimum Gasteiger partial charge on any atom is -0.478 e. The van der Waals surface area contributed by atoms with Crippen LogP contribution in [0.25, 0.3) is 10.8 Å². The molecule has 0 bridgehead atoms. The van der Waals surface area contributed by atoms with E-state index in [9.17, 15) is 14.3 Å². The molecular formula is C28H32FNO3. The van der Waals surface area contributed by atoms with Gasteiger partial charge in [-0.2, -0.15) is 0 Å². The Morgan fingerprint density at radius 3 is 2.48 bits per heavy atom. The van der Waals surface area contributed by atoms with Gasteiger partial charge in [-0.05, 0) is 80.2 Å². The van der Waals surface area contributed by atoms with Crippen LogP contribution in [-0.2, 0) is 4.79 Å². The number of nitrogens with one attached hydrogen (secondary N) is 1. The van der Waals surface area contributed by atoms with Crippen LogP contribution in [-0.4, -0.2) is 22.7 Å². The Bertz CT molecular complexity index is 1130. The van der Waals surface area contributed by atoms with Gasteiger partial charge in [0.2, 0.25) is 5.60 Å². The number of halogens is 1. The highest BCUT2D eigenvalue weighted by Gasteiger charge is 2.33. The van der Waals surface area contributed by atoms with Gasteiger partial charge in [0.15, 0.2) is 0 Å². The first kappa shape index (κ1) is 23.2. The van der Waals surface area contributed by atoms with E-state index < -0.39 is 11.6 Å². The highest BCUT2D eigenvalue weighted by Crippen LogP contribution is 2.37. The normalized spacial score (nSPS) is 21.0. The number of carboxylic acids is 1. The number of hydrogen-bond acceptors (Lipinski definition) is 3. The summed E-state index contributed by atoms with van der Waals surface area (Å²) in [5.41, 5.74) is 1.15. The number of rotatable bonds is 8. The fraction of sp³-hybridized carbons (Fsp3) is 0.393. The molecule has 0 saturated heterocycles. The minimum atomic E-state index is -1.22. The molecule has 3 aromatic rings. The average Bonchev–Trinajstić information content (AvgIpc) is 3.28. The molecule has 5 heteroatoms. The van der Waals surface area contributed by atoms with Gasteiger partial charge < -0.3 is 15.2 Å². The minimum absolute atomic E-state index is 0.123. The first-order chi connectivity index (χ1) is 15.8. The Hall–Kier alpha value is -2.92. The van der Waals surface area contributed by atoms with Crippen molar-refractivity contribution >= 4 is 16.7 Å². The molecule has 4 nitrogen and oxygen atoms in total. The molecule has 0 heterocycles. The Morgan fingerprint density at radius 1 is 1.12 bits per heavy atom. The molecular weight excluding hydrogens is 417 g/mol. The van der Waals surface area contributed by atoms with Crippen molar-refractivity contribution in [3.63, 3.8) is 0 Å². The smallest absolute Gasteiger partial charge is 0.347 e. The molecule has 1 aliphatic rings. The summed E-state index contributed by atoms with van der Waals surface area (Å²) >= 11 is 0. The van der Waals surface area contributed by atoms with Gasteiger partial charge in [-0.25, -0.2) is 9.18 Å². The van der Waals surface area contributed by atoms with E-state index in [0.717, 1.165) is 30.2 Å². The number of ether oxygens (including phenoxy) is 1. The van der Waals surface area contributed by atoms with E-state index in [1.807, 2.05) is 49.4 Å². The summed E-state index contributed by atoms with van der Waals surface area (Å²) in [6.45, 7) is 5.55. The summed E-state index contributed by atoms with van der Waals surface area (Å²) in [6, 6.07) is 19.5. The molecule has 33 heavy (non-hydrogen) atoms. The predicted molar refractivity (Wildman–Crippen MR) is 129 cm³/mol. The molecule has 0 aliphatic heterocycles. The molecule has 0 aromatic heterocycles. The monoisotopic (exact) mass is 449 g/mol. The highest BCUT2D eigenvalue weighted by atomic mass is 19.1. The van der Waals surface area contributed by atoms with Crippen molar-refractivity contribution in [2.45, 2.75) is 70.1 Å². The van der Waals surface area contributed by atoms with Gasteiger partial charge in [-0.3, -0.25) is 0 Å². The maximum absolute atomic E-state index is 14.2. The Kier molecular flexibility index (Phi) is 6.71. The zero-order chi connectivity index (χ0) is 23.6. The summed E-state index contributed by atoms with van der Waals surface area (Å²) < 4.78 is 20.0. The maximum Gasteiger partial charge on any atom is 0.347 e. The highest BCUT2D eigenvalue weighted by molar-refractivity contribution is 5.86. The number of hydrogen-bond donors (Lipinski definition) is 2. The van der Waals surface area contributed by atoms with Crippen molar-refractivity contribution in [1.82, 2.24) is 5.32 Å². The fourth-order valence-electron chi connectivity index (χ4n) is 4.88. The van der Waals surface area contributed by atoms with Crippen molar-refractivity contribution in [3.8, 4) is 5.75 Å². The molecule has 4 rings (SSSR count). The fourth-order valence-corrected chi connectivity index (χ4v) is 4.88. The van der Waals surface area contributed by atoms with Crippen molar-refractivity contribution in [1.29, 1.82) is 0 Å². The standard InChI is InChI=1S/C28H32FNO3/c1-4-28(3,27(31)32)33-22-13-10-19(11-14-22)20-9-12-21(17-20)30-18(2)23-15-16-26(29)25-8-6-5-7-24(23)25/h5-8,10-11,13-16,18,20-21,30H,4,9,12,17H2,1-3H3,(H,31,32)/t18-,20-,21+,28?/m1/s1. The van der Waals surface area contributed by atoms with Gasteiger partial charge in [-0.1, -0.05) is 49.4 Å². The molecule has 0 radical (unpaired) electrons. The summed E-state index contributed by atoms with van der Waals surface area (Å²) in [5.74, 6) is -0.111. The number of aliphatic carboxylic acids is 1. The van der Waals surface area contributed by atoms with Crippen molar-refractivity contribution in [2.75, 3.05) is 0 Å². The van der Waals surface area contributed by atoms with Gasteiger partial charge in [0, 0.05) is 17.5 Å². The predicted octanol–water partition coefficient (Wildman–Crippen LogP) is 6.60. The van der Waals surface area contributed by atoms with E-state index in [2.05, 4.69) is 24.4 Å². The third-order valence-electron chi connectivity index (χ3n) is 7.11. The molecule has 2 N–H and O–H groups in total. The van der Waals surface area contributed by atoms with Crippen LogP contribution in [0.2, 0.25) is 0 Å². The molecule has 0 spiro atoms. The van der Waals surface area contributed by atoms with Crippen LogP contribution in [0.1, 0.15) is 69.5 Å². The van der Waals surface area contributed by atoms with Crippen molar-refractivity contribution in [2.24, 2.45) is 0 Å². The van der Waals surface area contributed by atoms with E-state index in [1.165, 1.54) is 5.56 Å². The molecule has 1 fully saturated rings. The van der Waals surface area contributed by atoms with Crippen LogP contribution >= 0.6 is 0 Å². The molecule has 0 amide bonds. The first-order valence-electron chi connectivity index (χ1n) is 11.8. The lowest BCUT2D eigenvalue weighted by Gasteiger charge is -2.25. The Labute approximate surface area is 194 Å². The molecule has 1 saturated carbocycles. The number of carbonyl (C=O) groups is 1. The lowest BCUT2D eigenvalue weighted by Crippen LogP contribution is -2.40. The zero-order valence-electron chi connectivity index (χ0n) is 19.5. The van der Waals surface area contributed by atoms with E-state index >= 15 is 0 Å². The van der Waals surface area contributed by atoms with Crippen LogP contribution < -0.4 is 10.1 Å². The average molecular weight is 450 g/mol. The van der Waals surface area contributed by atoms with Crippen LogP contribution in [0.5, 0.6) is 5.75 Å². The van der Waals surface area contributed by atoms with Crippen molar-refractivity contribution in [3.05, 3.63) is 77.6 Å². The van der Waals surface area contributed by atoms with Gasteiger partial charge in [0.05, 0.1) is 0 Å². The Morgan fingerprint density at radius 2 is 1.82 bits per heavy atom. The third kappa shape index (κ3) is 4.88. The van der Waals surface area contributed by atoms with E-state index in [0.29, 0.717) is 29.5 Å². The largest absolute Gasteiger partial charge is 0.478 e. The second kappa shape index (κ2) is 9.52. The van der Waals surface area contributed by atoms with E-state index in [-0.39, 0.29) is 11.9 Å². The van der Waals surface area contributed by atoms with E-state index in [4.69, 9.17) is 4.74 Å². The summed E-state index contributed by atoms with van der Waals surface area (Å²) in [4.78, 5) is 11.5. The number of benzene rings is 3. The number of carboxylic acid groups (broad SMARTS) is 1. The van der Waals surface area contributed by atoms with Crippen LogP contribution in [0.4, 0.5) is 4.39 Å². The lowest BCUT2D eigenvalue weighted by atomic mass is 9.96. The van der Waals surface area contributed by atoms with Gasteiger partial charge in [-0.15, -0.1) is 0 Å². The van der Waals surface area contributed by atoms with Crippen molar-refractivity contribution < 1.29 is 19.0 Å². The molecule has 4 atom stereocenters. The maximum atomic E-state index is 14.2. The van der Waals surface area contributed by atoms with Crippen LogP contribution in [0, 0.1) is 5.82 Å². The van der Waals surface area contributed by atoms with Gasteiger partial charge in [0.1, 0.15) is 11.6 Å². The molecule has 174 valence electrons. The second-order valence-corrected chi connectivity index (χ2v) is 9.34. The molecule has 3 aromatic carbocycles. The molecule has 1 aliphatic carbocycles. The molecule has 1 unspecified atom stereocenters. The first-order valence-corrected chi connectivity index (χ1v) is 11.8. The second-order valence-electron chi connectivity index (χ2n) is 9.34. The van der Waals surface area contributed by atoms with Gasteiger partial charge in [0.25, 0.3) is 0 Å². The Balaban J connectivity index is 1.40. The van der Waals surface area contributed by atoms with E-state index in [1.54, 1.807) is 13.0 Å². The number of fused-ring (bicyclic) bond motifs is 1. The van der Waals surface area contributed by atoms with Crippen LogP contribution in [0.15, 0.2) is 60.7 Å². The summed E-state index contributed by atoms with van der Waals surface area (Å²) in [6.07, 6.45) is 3.60. The SMILES string of the molecule is CCC(C)(Oc1ccc([C@@H]2CC[C@H](N[C@H](C)c3ccc(F)c4ccccc34)C2)cc1)C(=O)O. The zero-order valence-corrected chi connectivity index (χ0v) is 19.5. The lowest BCUT2D eigenvalue weighted by molar-refractivity contribution is -0.154. The van der Waals surface area contributed by atoms with Gasteiger partial charge >= 0.3 is 5.97 Å². The van der Waals surface area contributed by atoms with Crippen LogP contribution in [0.3, 0.4) is 0 Å². The summed E-state index contributed by atoms with van der Waals surface area (Å²) in [7, 11) is 0. The topological polar surface area (TPSA) is 58.6 Å².